The van der Waals surface area contributed by atoms with Crippen LogP contribution >= 0.6 is 0 Å². The Balaban J connectivity index is 1.73. The molecular weight excluding hydrogens is 206 g/mol. The molecule has 1 atom stereocenters. The average Bonchev–Trinajstić information content (AvgIpc) is 2.23. The smallest absolute Gasteiger partial charge is 0.00462 e. The van der Waals surface area contributed by atoms with E-state index in [0.717, 1.165) is 41.5 Å². The number of hydrogen-bond acceptors (Lipinski definition) is 1. The van der Waals surface area contributed by atoms with Crippen LogP contribution in [-0.2, 0) is 0 Å². The minimum absolute atomic E-state index is 0.725. The molecule has 0 amide bonds. The van der Waals surface area contributed by atoms with Crippen LogP contribution in [0.3, 0.4) is 0 Å². The molecule has 4 aliphatic rings. The molecule has 1 nitrogen and oxygen atoms in total. The van der Waals surface area contributed by atoms with Crippen LogP contribution in [0.25, 0.3) is 0 Å². The summed E-state index contributed by atoms with van der Waals surface area (Å²) in [4.78, 5) is 0. The summed E-state index contributed by atoms with van der Waals surface area (Å²) < 4.78 is 0. The van der Waals surface area contributed by atoms with E-state index in [0.29, 0.717) is 0 Å². The van der Waals surface area contributed by atoms with Crippen molar-refractivity contribution in [3.63, 3.8) is 0 Å². The maximum absolute atomic E-state index is 6.00. The summed E-state index contributed by atoms with van der Waals surface area (Å²) in [5.74, 6) is 4.81. The SMILES string of the molecule is CC(C)C(CN)CC12CC3CC(CC(C3)C1)C2. The van der Waals surface area contributed by atoms with E-state index < -0.39 is 0 Å². The minimum Gasteiger partial charge on any atom is -0.330 e. The normalized spacial score (nSPS) is 45.5. The number of nitrogens with two attached hydrogens (primary N) is 1. The molecule has 4 fully saturated rings. The van der Waals surface area contributed by atoms with Gasteiger partial charge in [0.2, 0.25) is 0 Å². The van der Waals surface area contributed by atoms with E-state index in [2.05, 4.69) is 13.8 Å². The van der Waals surface area contributed by atoms with E-state index in [1.165, 1.54) is 6.42 Å². The second-order valence-corrected chi connectivity index (χ2v) is 7.86. The molecule has 1 unspecified atom stereocenters. The number of rotatable bonds is 4. The molecule has 0 aromatic carbocycles. The lowest BCUT2D eigenvalue weighted by molar-refractivity contribution is -0.0676. The molecule has 4 bridgehead atoms. The lowest BCUT2D eigenvalue weighted by Gasteiger charge is -2.58. The Morgan fingerprint density at radius 1 is 1.00 bits per heavy atom. The Bertz CT molecular complexity index is 246. The van der Waals surface area contributed by atoms with Gasteiger partial charge in [-0.3, -0.25) is 0 Å². The highest BCUT2D eigenvalue weighted by molar-refractivity contribution is 5.02. The second kappa shape index (κ2) is 4.26. The molecule has 0 heterocycles. The summed E-state index contributed by atoms with van der Waals surface area (Å²) in [7, 11) is 0. The molecule has 0 aromatic heterocycles. The summed E-state index contributed by atoms with van der Waals surface area (Å²) in [5, 5.41) is 0. The largest absolute Gasteiger partial charge is 0.330 e. The van der Waals surface area contributed by atoms with Crippen LogP contribution in [0.1, 0.15) is 58.8 Å². The van der Waals surface area contributed by atoms with Crippen molar-refractivity contribution in [2.45, 2.75) is 58.8 Å². The quantitative estimate of drug-likeness (QED) is 0.787. The van der Waals surface area contributed by atoms with Gasteiger partial charge in [-0.2, -0.15) is 0 Å². The molecule has 0 radical (unpaired) electrons. The molecule has 17 heavy (non-hydrogen) atoms. The summed E-state index contributed by atoms with van der Waals surface area (Å²) in [6, 6.07) is 0. The van der Waals surface area contributed by atoms with Crippen molar-refractivity contribution in [2.75, 3.05) is 6.54 Å². The molecule has 4 aliphatic carbocycles. The maximum atomic E-state index is 6.00. The number of hydrogen-bond donors (Lipinski definition) is 1. The van der Waals surface area contributed by atoms with Crippen molar-refractivity contribution in [1.29, 1.82) is 0 Å². The standard InChI is InChI=1S/C16H29N/c1-11(2)15(10-17)9-16-6-12-3-13(7-16)5-14(4-12)8-16/h11-15H,3-10,17H2,1-2H3. The summed E-state index contributed by atoms with van der Waals surface area (Å²) in [5.41, 5.74) is 6.73. The van der Waals surface area contributed by atoms with Crippen LogP contribution < -0.4 is 5.73 Å². The Morgan fingerprint density at radius 2 is 1.47 bits per heavy atom. The van der Waals surface area contributed by atoms with E-state index in [4.69, 9.17) is 5.73 Å². The Kier molecular flexibility index (Phi) is 3.01. The first kappa shape index (κ1) is 12.0. The van der Waals surface area contributed by atoms with Crippen molar-refractivity contribution in [1.82, 2.24) is 0 Å². The molecular formula is C16H29N. The summed E-state index contributed by atoms with van der Waals surface area (Å²) in [6.07, 6.45) is 10.8. The van der Waals surface area contributed by atoms with Crippen LogP contribution in [0.2, 0.25) is 0 Å². The lowest BCUT2D eigenvalue weighted by Crippen LogP contribution is -2.47. The van der Waals surface area contributed by atoms with Crippen LogP contribution in [0.4, 0.5) is 0 Å². The van der Waals surface area contributed by atoms with Gasteiger partial charge in [-0.25, -0.2) is 0 Å². The predicted octanol–water partition coefficient (Wildman–Crippen LogP) is 3.82. The molecule has 0 saturated heterocycles. The van der Waals surface area contributed by atoms with Gasteiger partial charge in [-0.05, 0) is 86.5 Å². The predicted molar refractivity (Wildman–Crippen MR) is 72.6 cm³/mol. The van der Waals surface area contributed by atoms with E-state index in [-0.39, 0.29) is 0 Å². The maximum Gasteiger partial charge on any atom is -0.00462 e. The zero-order valence-electron chi connectivity index (χ0n) is 11.6. The van der Waals surface area contributed by atoms with Gasteiger partial charge in [0.15, 0.2) is 0 Å². The molecule has 2 N–H and O–H groups in total. The highest BCUT2D eigenvalue weighted by Crippen LogP contribution is 2.62. The summed E-state index contributed by atoms with van der Waals surface area (Å²) in [6.45, 7) is 5.62. The van der Waals surface area contributed by atoms with Gasteiger partial charge in [-0.15, -0.1) is 0 Å². The monoisotopic (exact) mass is 235 g/mol. The van der Waals surface area contributed by atoms with Crippen LogP contribution in [0, 0.1) is 35.0 Å². The highest BCUT2D eigenvalue weighted by Gasteiger charge is 2.51. The van der Waals surface area contributed by atoms with Crippen molar-refractivity contribution in [3.8, 4) is 0 Å². The highest BCUT2D eigenvalue weighted by atomic mass is 14.6. The topological polar surface area (TPSA) is 26.0 Å². The van der Waals surface area contributed by atoms with Gasteiger partial charge < -0.3 is 5.73 Å². The fraction of sp³-hybridized carbons (Fsp3) is 1.00. The third-order valence-electron chi connectivity index (χ3n) is 6.11. The first-order chi connectivity index (χ1) is 8.10. The zero-order chi connectivity index (χ0) is 12.0. The van der Waals surface area contributed by atoms with Gasteiger partial charge in [0, 0.05) is 0 Å². The first-order valence-electron chi connectivity index (χ1n) is 7.80. The van der Waals surface area contributed by atoms with E-state index in [1.54, 1.807) is 38.5 Å². The van der Waals surface area contributed by atoms with Crippen LogP contribution in [-0.4, -0.2) is 6.54 Å². The molecule has 0 aliphatic heterocycles. The first-order valence-corrected chi connectivity index (χ1v) is 7.80. The van der Waals surface area contributed by atoms with Crippen molar-refractivity contribution >= 4 is 0 Å². The van der Waals surface area contributed by atoms with Crippen LogP contribution in [0.15, 0.2) is 0 Å². The van der Waals surface area contributed by atoms with Crippen molar-refractivity contribution in [2.24, 2.45) is 40.7 Å². The molecule has 1 heteroatoms. The molecule has 0 aromatic rings. The van der Waals surface area contributed by atoms with Gasteiger partial charge >= 0.3 is 0 Å². The van der Waals surface area contributed by atoms with E-state index in [9.17, 15) is 0 Å². The fourth-order valence-electron chi connectivity index (χ4n) is 5.69. The Labute approximate surface area is 107 Å². The third-order valence-corrected chi connectivity index (χ3v) is 6.11. The van der Waals surface area contributed by atoms with Gasteiger partial charge in [-0.1, -0.05) is 13.8 Å². The van der Waals surface area contributed by atoms with Crippen molar-refractivity contribution in [3.05, 3.63) is 0 Å². The summed E-state index contributed by atoms with van der Waals surface area (Å²) >= 11 is 0. The van der Waals surface area contributed by atoms with E-state index in [1.807, 2.05) is 0 Å². The average molecular weight is 235 g/mol. The Morgan fingerprint density at radius 3 is 1.82 bits per heavy atom. The Hall–Kier alpha value is -0.0400. The zero-order valence-corrected chi connectivity index (χ0v) is 11.6. The second-order valence-electron chi connectivity index (χ2n) is 7.86. The van der Waals surface area contributed by atoms with Gasteiger partial charge in [0.25, 0.3) is 0 Å². The van der Waals surface area contributed by atoms with Crippen molar-refractivity contribution < 1.29 is 0 Å². The minimum atomic E-state index is 0.725. The van der Waals surface area contributed by atoms with Crippen LogP contribution in [0.5, 0.6) is 0 Å². The molecule has 0 spiro atoms. The molecule has 4 saturated carbocycles. The third kappa shape index (κ3) is 2.16. The molecule has 98 valence electrons. The van der Waals surface area contributed by atoms with E-state index >= 15 is 0 Å². The van der Waals surface area contributed by atoms with Gasteiger partial charge in [0.05, 0.1) is 0 Å². The lowest BCUT2D eigenvalue weighted by atomic mass is 9.48. The molecule has 4 rings (SSSR count). The van der Waals surface area contributed by atoms with Gasteiger partial charge in [0.1, 0.15) is 0 Å². The fourth-order valence-corrected chi connectivity index (χ4v) is 5.69.